The van der Waals surface area contributed by atoms with E-state index in [1.54, 1.807) is 26.2 Å². The molecule has 1 fully saturated rings. The maximum Gasteiger partial charge on any atom is 0.244 e. The maximum atomic E-state index is 14.7. The van der Waals surface area contributed by atoms with Crippen molar-refractivity contribution in [2.45, 2.75) is 45.7 Å². The molecule has 2 unspecified atom stereocenters. The van der Waals surface area contributed by atoms with E-state index in [2.05, 4.69) is 33.8 Å². The van der Waals surface area contributed by atoms with Crippen molar-refractivity contribution >= 4 is 44.2 Å². The number of carbonyl (C=O) groups is 2. The summed E-state index contributed by atoms with van der Waals surface area (Å²) in [4.78, 5) is 35.8. The van der Waals surface area contributed by atoms with Crippen LogP contribution >= 0.6 is 15.9 Å². The van der Waals surface area contributed by atoms with Crippen LogP contribution in [0.2, 0.25) is 0 Å². The molecule has 5 rings (SSSR count). The number of fused-ring (bicyclic) bond motifs is 1. The summed E-state index contributed by atoms with van der Waals surface area (Å²) in [6, 6.07) is 24.5. The lowest BCUT2D eigenvalue weighted by Crippen LogP contribution is -2.51. The Morgan fingerprint density at radius 3 is 2.32 bits per heavy atom. The fourth-order valence-electron chi connectivity index (χ4n) is 5.64. The van der Waals surface area contributed by atoms with Gasteiger partial charge in [-0.05, 0) is 99.8 Å². The van der Waals surface area contributed by atoms with Gasteiger partial charge >= 0.3 is 0 Å². The normalized spacial score (nSPS) is 15.8. The number of likely N-dealkylation sites (tertiary alicyclic amines) is 1. The summed E-state index contributed by atoms with van der Waals surface area (Å²) in [5.41, 5.74) is 3.84. The van der Waals surface area contributed by atoms with Crippen LogP contribution in [0.5, 0.6) is 5.88 Å². The van der Waals surface area contributed by atoms with Gasteiger partial charge in [0.15, 0.2) is 5.78 Å². The first-order chi connectivity index (χ1) is 19.8. The van der Waals surface area contributed by atoms with Crippen molar-refractivity contribution in [3.05, 3.63) is 100 Å². The number of amides is 1. The molecule has 3 aromatic carbocycles. The lowest BCUT2D eigenvalue weighted by atomic mass is 9.94. The quantitative estimate of drug-likeness (QED) is 0.193. The monoisotopic (exact) mass is 613 g/mol. The van der Waals surface area contributed by atoms with Gasteiger partial charge in [-0.2, -0.15) is 0 Å². The van der Waals surface area contributed by atoms with E-state index in [4.69, 9.17) is 9.72 Å². The molecule has 2 heterocycles. The second kappa shape index (κ2) is 12.5. The van der Waals surface area contributed by atoms with Crippen molar-refractivity contribution in [3.8, 4) is 5.88 Å². The number of ether oxygens (including phenoxy) is 1. The molecular formula is C34H36BrN3O3. The zero-order valence-electron chi connectivity index (χ0n) is 24.0. The van der Waals surface area contributed by atoms with E-state index in [-0.39, 0.29) is 17.7 Å². The number of rotatable bonds is 8. The highest BCUT2D eigenvalue weighted by Gasteiger charge is 2.36. The third-order valence-corrected chi connectivity index (χ3v) is 8.64. The van der Waals surface area contributed by atoms with Gasteiger partial charge in [0.2, 0.25) is 11.8 Å². The van der Waals surface area contributed by atoms with Gasteiger partial charge in [0.1, 0.15) is 0 Å². The molecule has 1 aliphatic rings. The van der Waals surface area contributed by atoms with Gasteiger partial charge in [-0.3, -0.25) is 19.4 Å². The third-order valence-electron chi connectivity index (χ3n) is 8.14. The number of aromatic nitrogens is 1. The summed E-state index contributed by atoms with van der Waals surface area (Å²) in [6.07, 6.45) is 2.15. The molecular weight excluding hydrogens is 578 g/mol. The van der Waals surface area contributed by atoms with Gasteiger partial charge in [-0.1, -0.05) is 53.2 Å². The molecule has 0 aliphatic carbocycles. The van der Waals surface area contributed by atoms with E-state index >= 15 is 0 Å². The molecule has 0 saturated carbocycles. The van der Waals surface area contributed by atoms with E-state index in [0.717, 1.165) is 52.4 Å². The maximum absolute atomic E-state index is 14.7. The number of ketones is 1. The second-order valence-electron chi connectivity index (χ2n) is 10.9. The highest BCUT2D eigenvalue weighted by atomic mass is 79.9. The molecule has 4 aromatic rings. The van der Waals surface area contributed by atoms with Crippen LogP contribution in [0.15, 0.2) is 83.3 Å². The molecule has 7 heteroatoms. The Kier molecular flexibility index (Phi) is 8.85. The lowest BCUT2D eigenvalue weighted by molar-refractivity contribution is -0.124. The van der Waals surface area contributed by atoms with Crippen LogP contribution in [0.1, 0.15) is 61.1 Å². The smallest absolute Gasteiger partial charge is 0.244 e. The number of methoxy groups -OCH3 is 1. The van der Waals surface area contributed by atoms with Crippen LogP contribution in [-0.2, 0) is 4.79 Å². The largest absolute Gasteiger partial charge is 0.481 e. The van der Waals surface area contributed by atoms with Crippen molar-refractivity contribution in [1.29, 1.82) is 0 Å². The fourth-order valence-corrected chi connectivity index (χ4v) is 6.02. The predicted molar refractivity (Wildman–Crippen MR) is 168 cm³/mol. The van der Waals surface area contributed by atoms with Crippen molar-refractivity contribution in [1.82, 2.24) is 9.88 Å². The average Bonchev–Trinajstić information content (AvgIpc) is 2.99. The molecule has 0 bridgehead atoms. The second-order valence-corrected chi connectivity index (χ2v) is 11.9. The number of piperidine rings is 1. The number of hydrogen-bond donors (Lipinski definition) is 0. The Morgan fingerprint density at radius 1 is 1.00 bits per heavy atom. The van der Waals surface area contributed by atoms with Crippen LogP contribution in [0.4, 0.5) is 5.69 Å². The molecule has 0 N–H and O–H groups in total. The van der Waals surface area contributed by atoms with Gasteiger partial charge in [-0.15, -0.1) is 0 Å². The summed E-state index contributed by atoms with van der Waals surface area (Å²) < 4.78 is 6.82. The standard InChI is InChI=1S/C34H36BrN3O3/c1-22-16-18-37(19-17-22)23(2)34(40)38(29-13-10-25(11-14-29)24(3)39)32(26-8-6-5-7-9-26)30-21-27-20-28(35)12-15-31(27)36-33(30)41-4/h5-15,20-23,32H,16-19H2,1-4H3. The van der Waals surface area contributed by atoms with Crippen molar-refractivity contribution in [3.63, 3.8) is 0 Å². The zero-order chi connectivity index (χ0) is 29.1. The number of halogens is 1. The summed E-state index contributed by atoms with van der Waals surface area (Å²) >= 11 is 3.59. The number of Topliss-reactive ketones (excluding diaryl/α,β-unsaturated/α-hetero) is 1. The van der Waals surface area contributed by atoms with Gasteiger partial charge < -0.3 is 4.74 Å². The number of benzene rings is 3. The summed E-state index contributed by atoms with van der Waals surface area (Å²) in [6.45, 7) is 7.60. The van der Waals surface area contributed by atoms with Crippen molar-refractivity contribution < 1.29 is 14.3 Å². The van der Waals surface area contributed by atoms with E-state index in [0.29, 0.717) is 23.0 Å². The first kappa shape index (κ1) is 29.0. The van der Waals surface area contributed by atoms with Crippen LogP contribution in [0.25, 0.3) is 10.9 Å². The highest BCUT2D eigenvalue weighted by molar-refractivity contribution is 9.10. The lowest BCUT2D eigenvalue weighted by Gasteiger charge is -2.39. The van der Waals surface area contributed by atoms with Crippen molar-refractivity contribution in [2.24, 2.45) is 5.92 Å². The molecule has 1 aliphatic heterocycles. The molecule has 2 atom stereocenters. The number of carbonyl (C=O) groups excluding carboxylic acids is 2. The third kappa shape index (κ3) is 6.21. The highest BCUT2D eigenvalue weighted by Crippen LogP contribution is 2.40. The molecule has 212 valence electrons. The van der Waals surface area contributed by atoms with Crippen LogP contribution in [0, 0.1) is 5.92 Å². The molecule has 0 spiro atoms. The number of hydrogen-bond acceptors (Lipinski definition) is 5. The Labute approximate surface area is 250 Å². The number of anilines is 1. The first-order valence-corrected chi connectivity index (χ1v) is 14.9. The van der Waals surface area contributed by atoms with Gasteiger partial charge in [0.05, 0.1) is 24.7 Å². The minimum absolute atomic E-state index is 0.0135. The number of nitrogens with zero attached hydrogens (tertiary/aromatic N) is 3. The summed E-state index contributed by atoms with van der Waals surface area (Å²) in [5.74, 6) is 1.09. The average molecular weight is 615 g/mol. The predicted octanol–water partition coefficient (Wildman–Crippen LogP) is 7.45. The minimum Gasteiger partial charge on any atom is -0.481 e. The Morgan fingerprint density at radius 2 is 1.68 bits per heavy atom. The molecule has 1 amide bonds. The Bertz CT molecular complexity index is 1530. The van der Waals surface area contributed by atoms with Crippen LogP contribution in [0.3, 0.4) is 0 Å². The summed E-state index contributed by atoms with van der Waals surface area (Å²) in [5, 5.41) is 0.938. The van der Waals surface area contributed by atoms with Gasteiger partial charge in [0, 0.05) is 26.7 Å². The first-order valence-electron chi connectivity index (χ1n) is 14.1. The van der Waals surface area contributed by atoms with E-state index in [1.165, 1.54) is 0 Å². The van der Waals surface area contributed by atoms with E-state index in [1.807, 2.05) is 72.5 Å². The topological polar surface area (TPSA) is 62.7 Å². The molecule has 41 heavy (non-hydrogen) atoms. The molecule has 1 saturated heterocycles. The van der Waals surface area contributed by atoms with Crippen LogP contribution < -0.4 is 9.64 Å². The minimum atomic E-state index is -0.524. The van der Waals surface area contributed by atoms with Gasteiger partial charge in [0.25, 0.3) is 0 Å². The Balaban J connectivity index is 1.71. The number of pyridine rings is 1. The van der Waals surface area contributed by atoms with E-state index in [9.17, 15) is 9.59 Å². The van der Waals surface area contributed by atoms with Crippen LogP contribution in [-0.4, -0.2) is 47.8 Å². The molecule has 1 aromatic heterocycles. The Hall–Kier alpha value is -3.55. The van der Waals surface area contributed by atoms with Gasteiger partial charge in [-0.25, -0.2) is 4.98 Å². The zero-order valence-corrected chi connectivity index (χ0v) is 25.6. The fraction of sp³-hybridized carbons (Fsp3) is 0.324. The SMILES string of the molecule is COc1nc2ccc(Br)cc2cc1C(c1ccccc1)N(C(=O)C(C)N1CCC(C)CC1)c1ccc(C(C)=O)cc1. The van der Waals surface area contributed by atoms with Crippen molar-refractivity contribution in [2.75, 3.05) is 25.1 Å². The summed E-state index contributed by atoms with van der Waals surface area (Å²) in [7, 11) is 1.61. The van der Waals surface area contributed by atoms with E-state index < -0.39 is 6.04 Å². The molecule has 0 radical (unpaired) electrons. The molecule has 6 nitrogen and oxygen atoms in total.